The quantitative estimate of drug-likeness (QED) is 0.704. The molecule has 3 fully saturated rings. The zero-order valence-corrected chi connectivity index (χ0v) is 19.3. The lowest BCUT2D eigenvalue weighted by Gasteiger charge is -2.38. The number of pyridine rings is 1. The van der Waals surface area contributed by atoms with Crippen LogP contribution in [0.25, 0.3) is 11.4 Å². The van der Waals surface area contributed by atoms with Crippen molar-refractivity contribution in [1.29, 1.82) is 0 Å². The predicted molar refractivity (Wildman–Crippen MR) is 123 cm³/mol. The van der Waals surface area contributed by atoms with Crippen LogP contribution in [0, 0.1) is 5.92 Å². The number of hydrogen-bond donors (Lipinski definition) is 0. The number of nitrogens with zero attached hydrogens (tertiary/aromatic N) is 6. The first kappa shape index (κ1) is 21.9. The number of carbonyl (C=O) groups is 2. The van der Waals surface area contributed by atoms with Gasteiger partial charge in [-0.1, -0.05) is 18.0 Å². The molecule has 2 aromatic rings. The van der Waals surface area contributed by atoms with E-state index >= 15 is 0 Å². The van der Waals surface area contributed by atoms with Crippen LogP contribution >= 0.6 is 0 Å². The fraction of sp³-hybridized carbons (Fsp3) is 0.625. The monoisotopic (exact) mass is 452 g/mol. The van der Waals surface area contributed by atoms with E-state index in [0.29, 0.717) is 37.9 Å². The number of aromatic nitrogens is 3. The van der Waals surface area contributed by atoms with Crippen LogP contribution in [-0.4, -0.2) is 76.0 Å². The fourth-order valence-electron chi connectivity index (χ4n) is 5.25. The summed E-state index contributed by atoms with van der Waals surface area (Å²) in [6.07, 6.45) is 8.06. The molecule has 0 aromatic carbocycles. The Kier molecular flexibility index (Phi) is 6.28. The maximum Gasteiger partial charge on any atom is 0.230 e. The fourth-order valence-corrected chi connectivity index (χ4v) is 5.25. The van der Waals surface area contributed by atoms with E-state index in [4.69, 9.17) is 4.52 Å². The van der Waals surface area contributed by atoms with Crippen molar-refractivity contribution in [3.8, 4) is 11.4 Å². The molecule has 1 aliphatic carbocycles. The molecule has 1 saturated carbocycles. The highest BCUT2D eigenvalue weighted by Gasteiger charge is 2.31. The highest BCUT2D eigenvalue weighted by molar-refractivity contribution is 5.80. The molecule has 2 saturated heterocycles. The van der Waals surface area contributed by atoms with Gasteiger partial charge >= 0.3 is 0 Å². The molecule has 0 spiro atoms. The van der Waals surface area contributed by atoms with Crippen molar-refractivity contribution < 1.29 is 14.1 Å². The molecule has 9 heteroatoms. The lowest BCUT2D eigenvalue weighted by Crippen LogP contribution is -2.52. The number of hydrogen-bond acceptors (Lipinski definition) is 7. The molecule has 2 aliphatic heterocycles. The van der Waals surface area contributed by atoms with Crippen molar-refractivity contribution in [2.75, 3.05) is 44.2 Å². The average Bonchev–Trinajstić information content (AvgIpc) is 3.56. The van der Waals surface area contributed by atoms with Crippen molar-refractivity contribution in [1.82, 2.24) is 24.9 Å². The Balaban J connectivity index is 1.14. The second-order valence-corrected chi connectivity index (χ2v) is 9.44. The van der Waals surface area contributed by atoms with E-state index in [-0.39, 0.29) is 17.7 Å². The summed E-state index contributed by atoms with van der Waals surface area (Å²) in [4.78, 5) is 39.7. The molecule has 2 amide bonds. The summed E-state index contributed by atoms with van der Waals surface area (Å²) in [6, 6.07) is 3.99. The second-order valence-electron chi connectivity index (χ2n) is 9.44. The number of piperazine rings is 1. The highest BCUT2D eigenvalue weighted by atomic mass is 16.5. The van der Waals surface area contributed by atoms with Crippen LogP contribution in [0.3, 0.4) is 0 Å². The summed E-state index contributed by atoms with van der Waals surface area (Å²) in [5, 5.41) is 4.16. The van der Waals surface area contributed by atoms with Gasteiger partial charge in [0.05, 0.1) is 0 Å². The molecular formula is C24H32N6O3. The molecule has 3 aliphatic rings. The normalized spacial score (nSPS) is 20.5. The summed E-state index contributed by atoms with van der Waals surface area (Å²) in [6.45, 7) is 5.89. The van der Waals surface area contributed by atoms with Gasteiger partial charge in [0.15, 0.2) is 0 Å². The minimum Gasteiger partial charge on any atom is -0.353 e. The molecule has 0 atom stereocenters. The first-order chi connectivity index (χ1) is 16.1. The minimum atomic E-state index is 0.0358. The summed E-state index contributed by atoms with van der Waals surface area (Å²) in [5.41, 5.74) is 0.859. The first-order valence-electron chi connectivity index (χ1n) is 12.2. The minimum absolute atomic E-state index is 0.0358. The molecule has 176 valence electrons. The van der Waals surface area contributed by atoms with E-state index in [1.54, 1.807) is 13.1 Å². The Morgan fingerprint density at radius 3 is 2.30 bits per heavy atom. The Labute approximate surface area is 194 Å². The number of carbonyl (C=O) groups excluding carboxylic acids is 2. The van der Waals surface area contributed by atoms with Crippen molar-refractivity contribution in [2.45, 2.75) is 51.4 Å². The van der Waals surface area contributed by atoms with Gasteiger partial charge in [-0.25, -0.2) is 4.98 Å². The summed E-state index contributed by atoms with van der Waals surface area (Å²) in [7, 11) is 0. The standard InChI is InChI=1S/C24H32N6O3/c1-17(31)28-10-8-19(9-11-28)24(32)30-14-12-29(13-15-30)21-7-6-20(16-25-21)22-26-23(33-27-22)18-4-2-3-5-18/h6-7,16,18-19H,2-5,8-15H2,1H3. The van der Waals surface area contributed by atoms with Crippen molar-refractivity contribution in [3.05, 3.63) is 24.2 Å². The maximum atomic E-state index is 12.9. The zero-order valence-electron chi connectivity index (χ0n) is 19.3. The number of rotatable bonds is 4. The van der Waals surface area contributed by atoms with Crippen LogP contribution < -0.4 is 4.90 Å². The molecule has 4 heterocycles. The van der Waals surface area contributed by atoms with Crippen molar-refractivity contribution in [3.63, 3.8) is 0 Å². The average molecular weight is 453 g/mol. The van der Waals surface area contributed by atoms with Crippen molar-refractivity contribution >= 4 is 17.6 Å². The number of piperidine rings is 1. The van der Waals surface area contributed by atoms with E-state index in [1.807, 2.05) is 21.9 Å². The van der Waals surface area contributed by atoms with Crippen LogP contribution in [0.1, 0.15) is 57.3 Å². The van der Waals surface area contributed by atoms with E-state index < -0.39 is 0 Å². The Bertz CT molecular complexity index is 968. The highest BCUT2D eigenvalue weighted by Crippen LogP contribution is 2.34. The third kappa shape index (κ3) is 4.72. The third-order valence-electron chi connectivity index (χ3n) is 7.36. The van der Waals surface area contributed by atoms with Gasteiger partial charge in [-0.05, 0) is 37.8 Å². The Morgan fingerprint density at radius 2 is 1.67 bits per heavy atom. The number of amides is 2. The summed E-state index contributed by atoms with van der Waals surface area (Å²) in [5.74, 6) is 3.02. The number of likely N-dealkylation sites (tertiary alicyclic amines) is 1. The third-order valence-corrected chi connectivity index (χ3v) is 7.36. The molecular weight excluding hydrogens is 420 g/mol. The van der Waals surface area contributed by atoms with Crippen LogP contribution in [0.2, 0.25) is 0 Å². The van der Waals surface area contributed by atoms with Gasteiger partial charge in [-0.2, -0.15) is 4.98 Å². The molecule has 0 bridgehead atoms. The van der Waals surface area contributed by atoms with Crippen molar-refractivity contribution in [2.24, 2.45) is 5.92 Å². The van der Waals surface area contributed by atoms with Crippen LogP contribution in [0.4, 0.5) is 5.82 Å². The molecule has 0 radical (unpaired) electrons. The molecule has 9 nitrogen and oxygen atoms in total. The molecule has 5 rings (SSSR count). The molecule has 2 aromatic heterocycles. The van der Waals surface area contributed by atoms with Gasteiger partial charge in [-0.15, -0.1) is 0 Å². The maximum absolute atomic E-state index is 12.9. The zero-order chi connectivity index (χ0) is 22.8. The first-order valence-corrected chi connectivity index (χ1v) is 12.2. The van der Waals surface area contributed by atoms with E-state index in [1.165, 1.54) is 12.8 Å². The predicted octanol–water partition coefficient (Wildman–Crippen LogP) is 2.70. The lowest BCUT2D eigenvalue weighted by atomic mass is 9.95. The smallest absolute Gasteiger partial charge is 0.230 e. The van der Waals surface area contributed by atoms with Gasteiger partial charge in [0, 0.05) is 69.8 Å². The summed E-state index contributed by atoms with van der Waals surface area (Å²) >= 11 is 0. The van der Waals surface area contributed by atoms with Crippen LogP contribution in [-0.2, 0) is 9.59 Å². The van der Waals surface area contributed by atoms with Gasteiger partial charge < -0.3 is 19.2 Å². The lowest BCUT2D eigenvalue weighted by molar-refractivity contribution is -0.140. The Morgan fingerprint density at radius 1 is 0.939 bits per heavy atom. The number of anilines is 1. The van der Waals surface area contributed by atoms with Gasteiger partial charge in [-0.3, -0.25) is 9.59 Å². The summed E-state index contributed by atoms with van der Waals surface area (Å²) < 4.78 is 5.50. The largest absolute Gasteiger partial charge is 0.353 e. The molecule has 33 heavy (non-hydrogen) atoms. The van der Waals surface area contributed by atoms with Gasteiger partial charge in [0.2, 0.25) is 23.5 Å². The topological polar surface area (TPSA) is 95.7 Å². The Hall–Kier alpha value is -2.97. The second kappa shape index (κ2) is 9.49. The molecule has 0 N–H and O–H groups in total. The van der Waals surface area contributed by atoms with E-state index in [2.05, 4.69) is 20.0 Å². The molecule has 0 unspecified atom stereocenters. The van der Waals surface area contributed by atoms with Gasteiger partial charge in [0.1, 0.15) is 5.82 Å². The van der Waals surface area contributed by atoms with Crippen LogP contribution in [0.5, 0.6) is 0 Å². The van der Waals surface area contributed by atoms with E-state index in [9.17, 15) is 9.59 Å². The SMILES string of the molecule is CC(=O)N1CCC(C(=O)N2CCN(c3ccc(-c4noc(C5CCCC5)n4)cn3)CC2)CC1. The van der Waals surface area contributed by atoms with E-state index in [0.717, 1.165) is 56.0 Å². The van der Waals surface area contributed by atoms with Gasteiger partial charge in [0.25, 0.3) is 0 Å². The van der Waals surface area contributed by atoms with Crippen LogP contribution in [0.15, 0.2) is 22.9 Å².